The van der Waals surface area contributed by atoms with Crippen LogP contribution in [-0.4, -0.2) is 4.98 Å². The number of halogens is 1. The molecule has 0 amide bonds. The minimum Gasteiger partial charge on any atom is -0.322 e. The van der Waals surface area contributed by atoms with Crippen molar-refractivity contribution in [3.05, 3.63) is 40.0 Å². The number of aryl methyl sites for hydroxylation is 1. The van der Waals surface area contributed by atoms with Gasteiger partial charge in [0.2, 0.25) is 0 Å². The Morgan fingerprint density at radius 3 is 2.68 bits per heavy atom. The lowest BCUT2D eigenvalue weighted by atomic mass is 9.82. The van der Waals surface area contributed by atoms with Crippen molar-refractivity contribution in [1.82, 2.24) is 4.98 Å². The number of hydrogen-bond donors (Lipinski definition) is 1. The predicted octanol–water partition coefficient (Wildman–Crippen LogP) is 3.96. The van der Waals surface area contributed by atoms with Crippen LogP contribution in [0.1, 0.15) is 43.5 Å². The Labute approximate surface area is 119 Å². The Hall–Kier alpha value is -1.12. The van der Waals surface area contributed by atoms with Gasteiger partial charge >= 0.3 is 0 Å². The minimum absolute atomic E-state index is 0.368. The zero-order valence-corrected chi connectivity index (χ0v) is 12.2. The molecular weight excluding hydrogens is 256 g/mol. The molecule has 2 N–H and O–H groups in total. The van der Waals surface area contributed by atoms with E-state index in [1.807, 2.05) is 18.2 Å². The lowest BCUT2D eigenvalue weighted by molar-refractivity contribution is 0.541. The van der Waals surface area contributed by atoms with Crippen molar-refractivity contribution >= 4 is 22.5 Å². The van der Waals surface area contributed by atoms with Gasteiger partial charge < -0.3 is 5.73 Å². The van der Waals surface area contributed by atoms with Gasteiger partial charge in [0.05, 0.1) is 5.52 Å². The van der Waals surface area contributed by atoms with Crippen LogP contribution in [-0.2, 0) is 18.4 Å². The molecule has 0 bridgehead atoms. The summed E-state index contributed by atoms with van der Waals surface area (Å²) >= 11 is 6.16. The SMILES string of the molecule is CC(C)(N)c1c2c(nc3ccc(Cl)cc13)CCCC2. The third-order valence-corrected chi connectivity index (χ3v) is 4.10. The molecule has 0 unspecified atom stereocenters. The van der Waals surface area contributed by atoms with Gasteiger partial charge in [-0.1, -0.05) is 11.6 Å². The summed E-state index contributed by atoms with van der Waals surface area (Å²) in [6.07, 6.45) is 4.60. The van der Waals surface area contributed by atoms with Crippen LogP contribution in [0.25, 0.3) is 10.9 Å². The second-order valence-electron chi connectivity index (χ2n) is 6.00. The Bertz CT molecular complexity index is 641. The van der Waals surface area contributed by atoms with E-state index >= 15 is 0 Å². The molecule has 19 heavy (non-hydrogen) atoms. The molecule has 100 valence electrons. The number of rotatable bonds is 1. The third-order valence-electron chi connectivity index (χ3n) is 3.87. The first-order valence-corrected chi connectivity index (χ1v) is 7.25. The number of nitrogens with two attached hydrogens (primary N) is 1. The molecule has 3 heteroatoms. The zero-order chi connectivity index (χ0) is 13.6. The predicted molar refractivity (Wildman–Crippen MR) is 80.6 cm³/mol. The van der Waals surface area contributed by atoms with E-state index in [1.54, 1.807) is 0 Å². The lowest BCUT2D eigenvalue weighted by Gasteiger charge is -2.28. The minimum atomic E-state index is -0.368. The van der Waals surface area contributed by atoms with Gasteiger partial charge in [-0.3, -0.25) is 4.98 Å². The summed E-state index contributed by atoms with van der Waals surface area (Å²) in [5, 5.41) is 1.86. The molecule has 2 aromatic rings. The second kappa shape index (κ2) is 4.46. The first-order valence-electron chi connectivity index (χ1n) is 6.87. The zero-order valence-electron chi connectivity index (χ0n) is 11.5. The Balaban J connectivity index is 2.41. The van der Waals surface area contributed by atoms with Gasteiger partial charge in [0.25, 0.3) is 0 Å². The molecule has 0 spiro atoms. The molecule has 0 atom stereocenters. The van der Waals surface area contributed by atoms with Gasteiger partial charge in [0, 0.05) is 21.6 Å². The Morgan fingerprint density at radius 1 is 1.21 bits per heavy atom. The monoisotopic (exact) mass is 274 g/mol. The summed E-state index contributed by atoms with van der Waals surface area (Å²) in [4.78, 5) is 4.82. The topological polar surface area (TPSA) is 38.9 Å². The van der Waals surface area contributed by atoms with Gasteiger partial charge in [0.1, 0.15) is 0 Å². The normalized spacial score (nSPS) is 15.6. The van der Waals surface area contributed by atoms with E-state index in [1.165, 1.54) is 29.7 Å². The summed E-state index contributed by atoms with van der Waals surface area (Å²) < 4.78 is 0. The highest BCUT2D eigenvalue weighted by Crippen LogP contribution is 2.35. The van der Waals surface area contributed by atoms with E-state index in [-0.39, 0.29) is 5.54 Å². The van der Waals surface area contributed by atoms with E-state index in [2.05, 4.69) is 13.8 Å². The van der Waals surface area contributed by atoms with Crippen LogP contribution in [0.2, 0.25) is 5.02 Å². The average Bonchev–Trinajstić information content (AvgIpc) is 2.34. The molecule has 0 saturated carbocycles. The van der Waals surface area contributed by atoms with Crippen LogP contribution < -0.4 is 5.73 Å². The summed E-state index contributed by atoms with van der Waals surface area (Å²) in [5.41, 5.74) is 10.9. The maximum absolute atomic E-state index is 6.43. The van der Waals surface area contributed by atoms with E-state index in [9.17, 15) is 0 Å². The summed E-state index contributed by atoms with van der Waals surface area (Å²) in [7, 11) is 0. The van der Waals surface area contributed by atoms with Gasteiger partial charge in [-0.05, 0) is 68.9 Å². The van der Waals surface area contributed by atoms with Crippen LogP contribution in [0.5, 0.6) is 0 Å². The van der Waals surface area contributed by atoms with E-state index in [0.717, 1.165) is 28.8 Å². The maximum atomic E-state index is 6.43. The molecule has 3 rings (SSSR count). The van der Waals surface area contributed by atoms with E-state index in [4.69, 9.17) is 22.3 Å². The van der Waals surface area contributed by atoms with Gasteiger partial charge in [-0.15, -0.1) is 0 Å². The highest BCUT2D eigenvalue weighted by Gasteiger charge is 2.26. The molecule has 0 aliphatic heterocycles. The lowest BCUT2D eigenvalue weighted by Crippen LogP contribution is -2.31. The Morgan fingerprint density at radius 2 is 1.95 bits per heavy atom. The van der Waals surface area contributed by atoms with E-state index in [0.29, 0.717) is 0 Å². The number of pyridine rings is 1. The molecule has 1 aliphatic carbocycles. The highest BCUT2D eigenvalue weighted by atomic mass is 35.5. The number of fused-ring (bicyclic) bond motifs is 2. The van der Waals surface area contributed by atoms with E-state index < -0.39 is 0 Å². The fraction of sp³-hybridized carbons (Fsp3) is 0.438. The summed E-state index contributed by atoms with van der Waals surface area (Å²) in [5.74, 6) is 0. The number of aromatic nitrogens is 1. The van der Waals surface area contributed by atoms with Gasteiger partial charge in [0.15, 0.2) is 0 Å². The molecule has 1 aliphatic rings. The summed E-state index contributed by atoms with van der Waals surface area (Å²) in [6, 6.07) is 5.91. The average molecular weight is 275 g/mol. The molecule has 1 heterocycles. The van der Waals surface area contributed by atoms with Gasteiger partial charge in [-0.25, -0.2) is 0 Å². The smallest absolute Gasteiger partial charge is 0.0710 e. The third kappa shape index (κ3) is 2.24. The molecule has 0 saturated heterocycles. The highest BCUT2D eigenvalue weighted by molar-refractivity contribution is 6.31. The van der Waals surface area contributed by atoms with Crippen molar-refractivity contribution in [3.8, 4) is 0 Å². The van der Waals surface area contributed by atoms with Crippen molar-refractivity contribution in [2.24, 2.45) is 5.73 Å². The maximum Gasteiger partial charge on any atom is 0.0710 e. The van der Waals surface area contributed by atoms with Crippen molar-refractivity contribution < 1.29 is 0 Å². The fourth-order valence-electron chi connectivity index (χ4n) is 3.13. The summed E-state index contributed by atoms with van der Waals surface area (Å²) in [6.45, 7) is 4.13. The van der Waals surface area contributed by atoms with Crippen LogP contribution in [0, 0.1) is 0 Å². The van der Waals surface area contributed by atoms with Crippen molar-refractivity contribution in [1.29, 1.82) is 0 Å². The second-order valence-corrected chi connectivity index (χ2v) is 6.44. The molecule has 0 radical (unpaired) electrons. The van der Waals surface area contributed by atoms with Crippen molar-refractivity contribution in [2.75, 3.05) is 0 Å². The first kappa shape index (κ1) is 12.9. The molecule has 1 aromatic carbocycles. The van der Waals surface area contributed by atoms with Crippen LogP contribution >= 0.6 is 11.6 Å². The fourth-order valence-corrected chi connectivity index (χ4v) is 3.30. The number of nitrogens with zero attached hydrogens (tertiary/aromatic N) is 1. The van der Waals surface area contributed by atoms with Gasteiger partial charge in [-0.2, -0.15) is 0 Å². The van der Waals surface area contributed by atoms with Crippen molar-refractivity contribution in [3.63, 3.8) is 0 Å². The first-order chi connectivity index (χ1) is 8.97. The molecule has 1 aromatic heterocycles. The van der Waals surface area contributed by atoms with Crippen molar-refractivity contribution in [2.45, 2.75) is 45.1 Å². The standard InChI is InChI=1S/C16H19ClN2/c1-16(2,18)15-11-5-3-4-6-13(11)19-14-8-7-10(17)9-12(14)15/h7-9H,3-6,18H2,1-2H3. The molecular formula is C16H19ClN2. The number of hydrogen-bond acceptors (Lipinski definition) is 2. The van der Waals surface area contributed by atoms with Crippen LogP contribution in [0.3, 0.4) is 0 Å². The largest absolute Gasteiger partial charge is 0.322 e. The van der Waals surface area contributed by atoms with Crippen LogP contribution in [0.4, 0.5) is 0 Å². The van der Waals surface area contributed by atoms with Crippen LogP contribution in [0.15, 0.2) is 18.2 Å². The quantitative estimate of drug-likeness (QED) is 0.855. The molecule has 0 fully saturated rings. The molecule has 2 nitrogen and oxygen atoms in total. The number of benzene rings is 1. The Kier molecular flexibility index (Phi) is 3.03.